The number of para-hydroxylation sites is 1. The fourth-order valence-electron chi connectivity index (χ4n) is 2.02. The zero-order valence-corrected chi connectivity index (χ0v) is 9.34. The molecular weight excluding hydrogens is 232 g/mol. The minimum Gasteiger partial charge on any atom is -0.761 e. The first-order valence-electron chi connectivity index (χ1n) is 5.44. The average Bonchev–Trinajstić information content (AvgIpc) is 2.81. The molecule has 90 valence electrons. The molecule has 1 N–H and O–H groups in total. The first kappa shape index (κ1) is 10.7. The highest BCUT2D eigenvalue weighted by Gasteiger charge is 2.25. The van der Waals surface area contributed by atoms with Crippen molar-refractivity contribution in [2.45, 2.75) is 0 Å². The quantitative estimate of drug-likeness (QED) is 0.816. The van der Waals surface area contributed by atoms with Gasteiger partial charge in [-0.05, 0) is 24.3 Å². The Morgan fingerprint density at radius 2 is 2.06 bits per heavy atom. The van der Waals surface area contributed by atoms with Crippen molar-refractivity contribution in [3.05, 3.63) is 47.3 Å². The number of carbonyl (C=O) groups is 1. The summed E-state index contributed by atoms with van der Waals surface area (Å²) < 4.78 is 5.38. The van der Waals surface area contributed by atoms with Crippen LogP contribution < -0.4 is 10.2 Å². The number of ketones is 1. The van der Waals surface area contributed by atoms with Gasteiger partial charge in [-0.2, -0.15) is 0 Å². The maximum absolute atomic E-state index is 11.6. The fraction of sp³-hybridized carbons (Fsp3) is 0.0769. The molecule has 0 amide bonds. The molecule has 0 saturated heterocycles. The van der Waals surface area contributed by atoms with E-state index in [9.17, 15) is 10.0 Å². The average molecular weight is 241 g/mol. The number of Topliss-reactive ketones (excluding diaryl/α,β-unsaturated/α-hetero) is 1. The number of nitrogens with zero attached hydrogens (tertiary/aromatic N) is 1. The van der Waals surface area contributed by atoms with Crippen LogP contribution in [0.1, 0.15) is 10.4 Å². The Morgan fingerprint density at radius 1 is 1.22 bits per heavy atom. The number of hydrogen-bond donors (Lipinski definition) is 1. The van der Waals surface area contributed by atoms with Gasteiger partial charge in [-0.25, -0.2) is 0 Å². The monoisotopic (exact) mass is 241 g/mol. The normalized spacial score (nSPS) is 13.1. The lowest BCUT2D eigenvalue weighted by atomic mass is 10.0. The molecule has 0 fully saturated rings. The van der Waals surface area contributed by atoms with Gasteiger partial charge in [0.25, 0.3) is 0 Å². The van der Waals surface area contributed by atoms with E-state index in [0.29, 0.717) is 28.3 Å². The Kier molecular flexibility index (Phi) is 2.46. The minimum absolute atomic E-state index is 0.0410. The molecule has 2 heterocycles. The molecule has 0 aliphatic carbocycles. The van der Waals surface area contributed by atoms with Crippen LogP contribution in [0.3, 0.4) is 0 Å². The van der Waals surface area contributed by atoms with Crippen LogP contribution in [-0.2, 0) is 0 Å². The molecule has 1 aromatic heterocycles. The summed E-state index contributed by atoms with van der Waals surface area (Å²) in [5, 5.41) is 10.9. The number of nitrogens with one attached hydrogen (secondary N) is 1. The third-order valence-electron chi connectivity index (χ3n) is 2.84. The highest BCUT2D eigenvalue weighted by molar-refractivity contribution is 6.04. The van der Waals surface area contributed by atoms with Gasteiger partial charge in [0.05, 0.1) is 16.9 Å². The van der Waals surface area contributed by atoms with E-state index in [1.165, 1.54) is 0 Å². The van der Waals surface area contributed by atoms with Gasteiger partial charge >= 0.3 is 0 Å². The fourth-order valence-corrected chi connectivity index (χ4v) is 2.02. The smallest absolute Gasteiger partial charge is 0.203 e. The number of hydrogen-bond acceptors (Lipinski definition) is 5. The van der Waals surface area contributed by atoms with E-state index in [1.807, 2.05) is 5.48 Å². The molecule has 5 nitrogen and oxygen atoms in total. The molecule has 0 saturated carbocycles. The SMILES string of the molecule is O=C1COc2c1cccc2-c1ncccc1N[O-]. The molecule has 1 aromatic carbocycles. The number of rotatable bonds is 2. The summed E-state index contributed by atoms with van der Waals surface area (Å²) in [7, 11) is 0. The Balaban J connectivity index is 2.22. The lowest BCUT2D eigenvalue weighted by molar-refractivity contribution is 0.0961. The number of anilines is 1. The van der Waals surface area contributed by atoms with Gasteiger partial charge in [0.2, 0.25) is 5.78 Å². The van der Waals surface area contributed by atoms with E-state index < -0.39 is 0 Å². The third kappa shape index (κ3) is 1.53. The third-order valence-corrected chi connectivity index (χ3v) is 2.84. The predicted molar refractivity (Wildman–Crippen MR) is 66.5 cm³/mol. The van der Waals surface area contributed by atoms with Crippen LogP contribution in [0.15, 0.2) is 36.5 Å². The lowest BCUT2D eigenvalue weighted by Crippen LogP contribution is -1.98. The second-order valence-electron chi connectivity index (χ2n) is 3.90. The lowest BCUT2D eigenvalue weighted by Gasteiger charge is -2.15. The first-order chi connectivity index (χ1) is 8.81. The molecule has 5 heteroatoms. The van der Waals surface area contributed by atoms with Gasteiger partial charge in [0, 0.05) is 11.8 Å². The van der Waals surface area contributed by atoms with Gasteiger partial charge in [-0.1, -0.05) is 6.07 Å². The van der Waals surface area contributed by atoms with Crippen LogP contribution in [-0.4, -0.2) is 17.4 Å². The first-order valence-corrected chi connectivity index (χ1v) is 5.44. The zero-order chi connectivity index (χ0) is 12.5. The molecule has 1 aliphatic rings. The number of pyridine rings is 1. The van der Waals surface area contributed by atoms with Gasteiger partial charge in [0.1, 0.15) is 5.75 Å². The summed E-state index contributed by atoms with van der Waals surface area (Å²) in [6, 6.07) is 8.54. The molecule has 2 aromatic rings. The minimum atomic E-state index is -0.0561. The Labute approximate surface area is 103 Å². The highest BCUT2D eigenvalue weighted by Crippen LogP contribution is 2.38. The van der Waals surface area contributed by atoms with E-state index in [-0.39, 0.29) is 12.4 Å². The molecule has 3 rings (SSSR count). The van der Waals surface area contributed by atoms with E-state index in [4.69, 9.17) is 4.74 Å². The van der Waals surface area contributed by atoms with Crippen molar-refractivity contribution in [1.82, 2.24) is 4.98 Å². The predicted octanol–water partition coefficient (Wildman–Crippen LogP) is 2.23. The summed E-state index contributed by atoms with van der Waals surface area (Å²) in [5.74, 6) is 0.442. The largest absolute Gasteiger partial charge is 0.761 e. The standard InChI is InChI=1S/C13H9N2O3/c16-11-7-18-13-8(11)3-1-4-9(13)12-10(15-17)5-2-6-14-12/h1-6,15H,7H2/q-1. The van der Waals surface area contributed by atoms with Crippen molar-refractivity contribution in [3.63, 3.8) is 0 Å². The van der Waals surface area contributed by atoms with Crippen LogP contribution in [0.5, 0.6) is 5.75 Å². The van der Waals surface area contributed by atoms with Crippen molar-refractivity contribution in [2.24, 2.45) is 0 Å². The molecule has 0 radical (unpaired) electrons. The molecule has 0 bridgehead atoms. The molecular formula is C13H9N2O3-. The summed E-state index contributed by atoms with van der Waals surface area (Å²) in [5.41, 5.74) is 3.87. The summed E-state index contributed by atoms with van der Waals surface area (Å²) in [6.45, 7) is 0.0410. The van der Waals surface area contributed by atoms with Crippen molar-refractivity contribution in [2.75, 3.05) is 12.1 Å². The maximum Gasteiger partial charge on any atom is 0.203 e. The summed E-state index contributed by atoms with van der Waals surface area (Å²) in [4.78, 5) is 15.7. The number of fused-ring (bicyclic) bond motifs is 1. The van der Waals surface area contributed by atoms with Gasteiger partial charge in [-0.15, -0.1) is 0 Å². The van der Waals surface area contributed by atoms with Crippen LogP contribution in [0.25, 0.3) is 11.3 Å². The molecule has 0 spiro atoms. The zero-order valence-electron chi connectivity index (χ0n) is 9.34. The van der Waals surface area contributed by atoms with E-state index >= 15 is 0 Å². The van der Waals surface area contributed by atoms with Crippen molar-refractivity contribution in [1.29, 1.82) is 0 Å². The molecule has 18 heavy (non-hydrogen) atoms. The number of carbonyl (C=O) groups excluding carboxylic acids is 1. The summed E-state index contributed by atoms with van der Waals surface area (Å²) in [6.07, 6.45) is 1.59. The molecule has 0 atom stereocenters. The highest BCUT2D eigenvalue weighted by atomic mass is 16.5. The number of ether oxygens (including phenoxy) is 1. The second kappa shape index (κ2) is 4.12. The Morgan fingerprint density at radius 3 is 2.89 bits per heavy atom. The second-order valence-corrected chi connectivity index (χ2v) is 3.90. The number of benzene rings is 1. The van der Waals surface area contributed by atoms with Gasteiger partial charge in [0.15, 0.2) is 6.61 Å². The van der Waals surface area contributed by atoms with Crippen LogP contribution >= 0.6 is 0 Å². The van der Waals surface area contributed by atoms with Crippen LogP contribution in [0, 0.1) is 5.21 Å². The van der Waals surface area contributed by atoms with E-state index in [1.54, 1.807) is 36.5 Å². The van der Waals surface area contributed by atoms with E-state index in [2.05, 4.69) is 4.98 Å². The topological polar surface area (TPSA) is 74.3 Å². The van der Waals surface area contributed by atoms with Crippen molar-refractivity contribution < 1.29 is 9.53 Å². The Bertz CT molecular complexity index is 625. The van der Waals surface area contributed by atoms with Crippen LogP contribution in [0.4, 0.5) is 5.69 Å². The van der Waals surface area contributed by atoms with Crippen molar-refractivity contribution >= 4 is 11.5 Å². The molecule has 0 unspecified atom stereocenters. The van der Waals surface area contributed by atoms with Crippen molar-refractivity contribution in [3.8, 4) is 17.0 Å². The van der Waals surface area contributed by atoms with E-state index in [0.717, 1.165) is 0 Å². The van der Waals surface area contributed by atoms with Gasteiger partial charge < -0.3 is 15.4 Å². The molecule has 1 aliphatic heterocycles. The summed E-state index contributed by atoms with van der Waals surface area (Å²) >= 11 is 0. The number of aromatic nitrogens is 1. The van der Waals surface area contributed by atoms with Crippen LogP contribution in [0.2, 0.25) is 0 Å². The van der Waals surface area contributed by atoms with Gasteiger partial charge in [-0.3, -0.25) is 9.78 Å². The maximum atomic E-state index is 11.6. The Hall–Kier alpha value is -2.40.